The minimum Gasteiger partial charge on any atom is -0.508 e. The average Bonchev–Trinajstić information content (AvgIpc) is 2.91. The fourth-order valence-corrected chi connectivity index (χ4v) is 4.22. The third-order valence-corrected chi connectivity index (χ3v) is 6.05. The highest BCUT2D eigenvalue weighted by Gasteiger charge is 2.14. The molecular formula is C29H18F2N4O3. The van der Waals surface area contributed by atoms with Crippen molar-refractivity contribution < 1.29 is 18.6 Å². The number of aromatic amines is 1. The van der Waals surface area contributed by atoms with Gasteiger partial charge in [-0.2, -0.15) is 0 Å². The number of H-pyrrole nitrogens is 1. The van der Waals surface area contributed by atoms with E-state index in [9.17, 15) is 14.3 Å². The van der Waals surface area contributed by atoms with E-state index >= 15 is 4.39 Å². The van der Waals surface area contributed by atoms with Gasteiger partial charge in [0, 0.05) is 47.4 Å². The molecule has 7 nitrogen and oxygen atoms in total. The molecule has 0 radical (unpaired) electrons. The Balaban J connectivity index is 1.33. The van der Waals surface area contributed by atoms with E-state index in [4.69, 9.17) is 4.74 Å². The largest absolute Gasteiger partial charge is 0.508 e. The Morgan fingerprint density at radius 3 is 2.50 bits per heavy atom. The summed E-state index contributed by atoms with van der Waals surface area (Å²) in [5.41, 5.74) is 1.99. The highest BCUT2D eigenvalue weighted by Crippen LogP contribution is 2.33. The molecule has 0 aliphatic heterocycles. The van der Waals surface area contributed by atoms with Crippen LogP contribution in [-0.4, -0.2) is 20.1 Å². The lowest BCUT2D eigenvalue weighted by Gasteiger charge is -2.12. The molecule has 6 rings (SSSR count). The zero-order chi connectivity index (χ0) is 26.2. The summed E-state index contributed by atoms with van der Waals surface area (Å²) in [5.74, 6) is -0.375. The van der Waals surface area contributed by atoms with Crippen molar-refractivity contribution in [1.29, 1.82) is 0 Å². The maximum atomic E-state index is 15.1. The van der Waals surface area contributed by atoms with Gasteiger partial charge in [0.1, 0.15) is 23.1 Å². The number of nitrogens with one attached hydrogen (secondary N) is 2. The molecular weight excluding hydrogens is 490 g/mol. The van der Waals surface area contributed by atoms with Gasteiger partial charge in [-0.1, -0.05) is 12.1 Å². The maximum absolute atomic E-state index is 15.1. The van der Waals surface area contributed by atoms with Crippen molar-refractivity contribution in [2.45, 2.75) is 0 Å². The SMILES string of the molecule is O=c1c(-c2ccc(F)cc2)c[nH]c2ccnc(Nc3ccc(Oc4ccnc5cc(O)ccc45)c(F)c3)c12. The zero-order valence-electron chi connectivity index (χ0n) is 19.6. The lowest BCUT2D eigenvalue weighted by atomic mass is 10.0. The molecule has 3 heterocycles. The highest BCUT2D eigenvalue weighted by molar-refractivity contribution is 5.93. The second kappa shape index (κ2) is 9.29. The van der Waals surface area contributed by atoms with Crippen molar-refractivity contribution in [3.8, 4) is 28.4 Å². The lowest BCUT2D eigenvalue weighted by molar-refractivity contribution is 0.446. The van der Waals surface area contributed by atoms with Gasteiger partial charge in [-0.15, -0.1) is 0 Å². The van der Waals surface area contributed by atoms with E-state index in [1.807, 2.05) is 0 Å². The molecule has 0 fully saturated rings. The number of aromatic nitrogens is 3. The zero-order valence-corrected chi connectivity index (χ0v) is 19.6. The van der Waals surface area contributed by atoms with Crippen LogP contribution in [0.5, 0.6) is 17.2 Å². The Bertz CT molecular complexity index is 1890. The van der Waals surface area contributed by atoms with Crippen molar-refractivity contribution in [3.05, 3.63) is 113 Å². The number of aromatic hydroxyl groups is 1. The van der Waals surface area contributed by atoms with E-state index in [0.29, 0.717) is 39.0 Å². The second-order valence-corrected chi connectivity index (χ2v) is 8.50. The van der Waals surface area contributed by atoms with Crippen molar-refractivity contribution >= 4 is 33.3 Å². The average molecular weight is 508 g/mol. The molecule has 0 aliphatic carbocycles. The van der Waals surface area contributed by atoms with Crippen LogP contribution in [0, 0.1) is 11.6 Å². The summed E-state index contributed by atoms with van der Waals surface area (Å²) >= 11 is 0. The number of hydrogen-bond acceptors (Lipinski definition) is 6. The van der Waals surface area contributed by atoms with E-state index in [2.05, 4.69) is 20.3 Å². The molecule has 9 heteroatoms. The van der Waals surface area contributed by atoms with Gasteiger partial charge in [0.2, 0.25) is 5.43 Å². The number of halogens is 2. The number of rotatable bonds is 5. The third-order valence-electron chi connectivity index (χ3n) is 6.05. The number of anilines is 2. The van der Waals surface area contributed by atoms with E-state index in [-0.39, 0.29) is 28.1 Å². The fourth-order valence-electron chi connectivity index (χ4n) is 4.22. The molecule has 0 aliphatic rings. The normalized spacial score (nSPS) is 11.1. The van der Waals surface area contributed by atoms with Crippen LogP contribution in [0.15, 0.2) is 96.2 Å². The monoisotopic (exact) mass is 508 g/mol. The number of hydrogen-bond donors (Lipinski definition) is 3. The molecule has 186 valence electrons. The van der Waals surface area contributed by atoms with E-state index in [1.54, 1.807) is 30.5 Å². The lowest BCUT2D eigenvalue weighted by Crippen LogP contribution is -2.10. The topological polar surface area (TPSA) is 100 Å². The summed E-state index contributed by atoms with van der Waals surface area (Å²) in [4.78, 5) is 24.9. The van der Waals surface area contributed by atoms with Gasteiger partial charge >= 0.3 is 0 Å². The first-order valence-corrected chi connectivity index (χ1v) is 11.5. The minimum absolute atomic E-state index is 0.0153. The first kappa shape index (κ1) is 23.1. The first-order chi connectivity index (χ1) is 18.5. The molecule has 0 amide bonds. The second-order valence-electron chi connectivity index (χ2n) is 8.50. The molecule has 3 N–H and O–H groups in total. The third kappa shape index (κ3) is 4.26. The van der Waals surface area contributed by atoms with Crippen LogP contribution in [0.25, 0.3) is 32.9 Å². The summed E-state index contributed by atoms with van der Waals surface area (Å²) in [6.45, 7) is 0. The van der Waals surface area contributed by atoms with Crippen molar-refractivity contribution in [2.75, 3.05) is 5.32 Å². The van der Waals surface area contributed by atoms with Gasteiger partial charge in [-0.3, -0.25) is 9.78 Å². The van der Waals surface area contributed by atoms with Crippen molar-refractivity contribution in [1.82, 2.24) is 15.0 Å². The summed E-state index contributed by atoms with van der Waals surface area (Å²) in [7, 11) is 0. The van der Waals surface area contributed by atoms with Crippen LogP contribution < -0.4 is 15.5 Å². The molecule has 3 aromatic carbocycles. The van der Waals surface area contributed by atoms with Gasteiger partial charge < -0.3 is 20.1 Å². The summed E-state index contributed by atoms with van der Waals surface area (Å²) in [6.07, 6.45) is 4.60. The van der Waals surface area contributed by atoms with Gasteiger partial charge in [0.15, 0.2) is 11.6 Å². The fraction of sp³-hybridized carbons (Fsp3) is 0. The summed E-state index contributed by atoms with van der Waals surface area (Å²) in [6, 6.07) is 17.8. The van der Waals surface area contributed by atoms with Crippen LogP contribution in [0.3, 0.4) is 0 Å². The summed E-state index contributed by atoms with van der Waals surface area (Å²) < 4.78 is 34.3. The molecule has 3 aromatic heterocycles. The standard InChI is InChI=1S/C29H18F2N4O3/c30-17-3-1-16(2-4-17)21-15-34-23-9-11-33-29(27(23)28(21)37)35-18-5-8-26(22(31)13-18)38-25-10-12-32-24-14-19(36)6-7-20(24)25/h1-15,36H,(H,33,35)(H,34,37). The van der Waals surface area contributed by atoms with Gasteiger partial charge in [0.25, 0.3) is 0 Å². The maximum Gasteiger partial charge on any atom is 0.200 e. The minimum atomic E-state index is -0.639. The number of fused-ring (bicyclic) bond motifs is 2. The van der Waals surface area contributed by atoms with Crippen molar-refractivity contribution in [2.24, 2.45) is 0 Å². The Hall–Kier alpha value is -5.31. The van der Waals surface area contributed by atoms with E-state index in [1.165, 1.54) is 60.9 Å². The molecule has 6 aromatic rings. The molecule has 0 atom stereocenters. The van der Waals surface area contributed by atoms with Crippen molar-refractivity contribution in [3.63, 3.8) is 0 Å². The van der Waals surface area contributed by atoms with Crippen LogP contribution in [0.1, 0.15) is 0 Å². The highest BCUT2D eigenvalue weighted by atomic mass is 19.1. The number of ether oxygens (including phenoxy) is 1. The first-order valence-electron chi connectivity index (χ1n) is 11.5. The Labute approximate surface area is 214 Å². The van der Waals surface area contributed by atoms with Gasteiger partial charge in [-0.05, 0) is 54.1 Å². The molecule has 0 unspecified atom stereocenters. The number of benzene rings is 3. The smallest absolute Gasteiger partial charge is 0.200 e. The van der Waals surface area contributed by atoms with E-state index < -0.39 is 11.6 Å². The number of phenols is 1. The molecule has 0 bridgehead atoms. The molecule has 0 spiro atoms. The van der Waals surface area contributed by atoms with Crippen LogP contribution in [0.4, 0.5) is 20.3 Å². The number of pyridine rings is 3. The Morgan fingerprint density at radius 2 is 1.68 bits per heavy atom. The Morgan fingerprint density at radius 1 is 0.868 bits per heavy atom. The number of nitrogens with zero attached hydrogens (tertiary/aromatic N) is 2. The predicted molar refractivity (Wildman–Crippen MR) is 141 cm³/mol. The Kier molecular flexibility index (Phi) is 5.65. The van der Waals surface area contributed by atoms with Crippen LogP contribution in [0.2, 0.25) is 0 Å². The molecule has 0 saturated carbocycles. The number of phenolic OH excluding ortho intramolecular Hbond substituents is 1. The summed E-state index contributed by atoms with van der Waals surface area (Å²) in [5, 5.41) is 13.6. The van der Waals surface area contributed by atoms with E-state index in [0.717, 1.165) is 0 Å². The molecule has 38 heavy (non-hydrogen) atoms. The quantitative estimate of drug-likeness (QED) is 0.241. The van der Waals surface area contributed by atoms with Gasteiger partial charge in [0.05, 0.1) is 16.4 Å². The van der Waals surface area contributed by atoms with Crippen LogP contribution in [-0.2, 0) is 0 Å². The van der Waals surface area contributed by atoms with Crippen LogP contribution >= 0.6 is 0 Å². The molecule has 0 saturated heterocycles. The predicted octanol–water partition coefficient (Wildman–Crippen LogP) is 6.66. The van der Waals surface area contributed by atoms with Gasteiger partial charge in [-0.25, -0.2) is 13.8 Å².